The molecule has 1 aromatic rings. The third kappa shape index (κ3) is 4.03. The minimum atomic E-state index is -0.381. The number of carbonyl (C=O) groups is 3. The van der Waals surface area contributed by atoms with E-state index < -0.39 is 0 Å². The number of nitrogens with zero attached hydrogens (tertiary/aromatic N) is 3. The zero-order valence-corrected chi connectivity index (χ0v) is 18.9. The summed E-state index contributed by atoms with van der Waals surface area (Å²) >= 11 is 0. The maximum absolute atomic E-state index is 12.9. The van der Waals surface area contributed by atoms with Crippen LogP contribution in [-0.4, -0.2) is 73.5 Å². The molecule has 5 rings (SSSR count). The molecule has 2 saturated heterocycles. The van der Waals surface area contributed by atoms with Crippen molar-refractivity contribution in [1.82, 2.24) is 9.80 Å². The number of amides is 2. The Morgan fingerprint density at radius 1 is 1.03 bits per heavy atom. The van der Waals surface area contributed by atoms with E-state index in [9.17, 15) is 14.4 Å². The van der Waals surface area contributed by atoms with E-state index >= 15 is 0 Å². The van der Waals surface area contributed by atoms with Crippen LogP contribution in [0.2, 0.25) is 0 Å². The van der Waals surface area contributed by atoms with E-state index in [-0.39, 0.29) is 23.8 Å². The van der Waals surface area contributed by atoms with Crippen LogP contribution >= 0.6 is 0 Å². The van der Waals surface area contributed by atoms with Crippen LogP contribution in [-0.2, 0) is 20.7 Å². The van der Waals surface area contributed by atoms with Gasteiger partial charge in [0.1, 0.15) is 0 Å². The third-order valence-corrected chi connectivity index (χ3v) is 7.98. The molecule has 0 bridgehead atoms. The van der Waals surface area contributed by atoms with Crippen molar-refractivity contribution in [2.75, 3.05) is 44.7 Å². The minimum Gasteiger partial charge on any atom is -0.465 e. The lowest BCUT2D eigenvalue weighted by atomic mass is 9.82. The normalized spacial score (nSPS) is 26.2. The smallest absolute Gasteiger partial charge is 0.337 e. The molecule has 3 heterocycles. The highest BCUT2D eigenvalue weighted by Crippen LogP contribution is 2.37. The van der Waals surface area contributed by atoms with Gasteiger partial charge in [-0.25, -0.2) is 4.79 Å². The Kier molecular flexibility index (Phi) is 5.93. The lowest BCUT2D eigenvalue weighted by Crippen LogP contribution is -2.49. The molecule has 32 heavy (non-hydrogen) atoms. The number of methoxy groups -OCH3 is 1. The quantitative estimate of drug-likeness (QED) is 0.674. The highest BCUT2D eigenvalue weighted by atomic mass is 16.5. The monoisotopic (exact) mass is 439 g/mol. The van der Waals surface area contributed by atoms with Crippen LogP contribution in [0.15, 0.2) is 18.2 Å². The first-order valence-corrected chi connectivity index (χ1v) is 12.1. The first-order valence-electron chi connectivity index (χ1n) is 12.1. The molecular formula is C25H33N3O4. The molecular weight excluding hydrogens is 406 g/mol. The number of fused-ring (bicyclic) bond motifs is 2. The molecule has 0 spiro atoms. The standard InChI is InChI=1S/C25H33N3O4/c1-32-25(31)17-6-7-22-20(12-17)13-23(29)28(22)21-8-10-26(11-9-21)16-24(30)27-14-18-4-2-3-5-19(18)15-27/h6-7,12,18-19,21H,2-5,8-11,13-16H2,1H3. The largest absolute Gasteiger partial charge is 0.465 e. The number of ether oxygens (including phenoxy) is 1. The van der Waals surface area contributed by atoms with Crippen LogP contribution in [0.25, 0.3) is 0 Å². The van der Waals surface area contributed by atoms with Gasteiger partial charge < -0.3 is 14.5 Å². The van der Waals surface area contributed by atoms with Gasteiger partial charge in [0.25, 0.3) is 0 Å². The summed E-state index contributed by atoms with van der Waals surface area (Å²) in [5, 5.41) is 0. The molecule has 3 fully saturated rings. The Bertz CT molecular complexity index is 894. The van der Waals surface area contributed by atoms with Crippen molar-refractivity contribution < 1.29 is 19.1 Å². The van der Waals surface area contributed by atoms with Gasteiger partial charge in [-0.2, -0.15) is 0 Å². The molecule has 2 atom stereocenters. The molecule has 2 unspecified atom stereocenters. The molecule has 0 aromatic heterocycles. The number of anilines is 1. The van der Waals surface area contributed by atoms with E-state index in [2.05, 4.69) is 9.80 Å². The fraction of sp³-hybridized carbons (Fsp3) is 0.640. The lowest BCUT2D eigenvalue weighted by molar-refractivity contribution is -0.132. The van der Waals surface area contributed by atoms with Gasteiger partial charge in [0.05, 0.1) is 25.6 Å². The topological polar surface area (TPSA) is 70.2 Å². The summed E-state index contributed by atoms with van der Waals surface area (Å²) in [7, 11) is 1.36. The fourth-order valence-electron chi connectivity index (χ4n) is 6.23. The zero-order chi connectivity index (χ0) is 22.2. The molecule has 7 nitrogen and oxygen atoms in total. The number of rotatable bonds is 4. The molecule has 0 radical (unpaired) electrons. The highest BCUT2D eigenvalue weighted by Gasteiger charge is 2.38. The molecule has 0 N–H and O–H groups in total. The van der Waals surface area contributed by atoms with Crippen LogP contribution in [0.1, 0.15) is 54.4 Å². The minimum absolute atomic E-state index is 0.0937. The zero-order valence-electron chi connectivity index (χ0n) is 18.9. The lowest BCUT2D eigenvalue weighted by Gasteiger charge is -2.37. The summed E-state index contributed by atoms with van der Waals surface area (Å²) in [5.41, 5.74) is 2.29. The number of likely N-dealkylation sites (tertiary alicyclic amines) is 2. The maximum atomic E-state index is 12.9. The number of esters is 1. The molecule has 2 amide bonds. The van der Waals surface area contributed by atoms with E-state index in [1.54, 1.807) is 12.1 Å². The van der Waals surface area contributed by atoms with Crippen molar-refractivity contribution in [3.63, 3.8) is 0 Å². The van der Waals surface area contributed by atoms with E-state index in [1.807, 2.05) is 11.0 Å². The predicted molar refractivity (Wildman–Crippen MR) is 120 cm³/mol. The van der Waals surface area contributed by atoms with E-state index in [0.29, 0.717) is 18.5 Å². The van der Waals surface area contributed by atoms with Crippen molar-refractivity contribution in [1.29, 1.82) is 0 Å². The van der Waals surface area contributed by atoms with Crippen molar-refractivity contribution in [3.8, 4) is 0 Å². The van der Waals surface area contributed by atoms with Gasteiger partial charge in [-0.1, -0.05) is 12.8 Å². The predicted octanol–water partition coefficient (Wildman–Crippen LogP) is 2.48. The Morgan fingerprint density at radius 3 is 2.38 bits per heavy atom. The van der Waals surface area contributed by atoms with Crippen LogP contribution in [0.4, 0.5) is 5.69 Å². The van der Waals surface area contributed by atoms with Crippen LogP contribution in [0.3, 0.4) is 0 Å². The summed E-state index contributed by atoms with van der Waals surface area (Å²) in [6.45, 7) is 4.06. The first-order chi connectivity index (χ1) is 15.5. The van der Waals surface area contributed by atoms with Gasteiger partial charge in [-0.3, -0.25) is 14.5 Å². The number of hydrogen-bond acceptors (Lipinski definition) is 5. The van der Waals surface area contributed by atoms with Crippen LogP contribution < -0.4 is 4.90 Å². The Hall–Kier alpha value is -2.41. The Balaban J connectivity index is 1.16. The number of hydrogen-bond donors (Lipinski definition) is 0. The first kappa shape index (κ1) is 21.4. The molecule has 1 saturated carbocycles. The average Bonchev–Trinajstić information content (AvgIpc) is 3.39. The van der Waals surface area contributed by atoms with Gasteiger partial charge in [0, 0.05) is 37.9 Å². The van der Waals surface area contributed by atoms with Crippen LogP contribution in [0.5, 0.6) is 0 Å². The summed E-state index contributed by atoms with van der Waals surface area (Å²) in [4.78, 5) is 43.8. The average molecular weight is 440 g/mol. The Labute approximate surface area is 189 Å². The summed E-state index contributed by atoms with van der Waals surface area (Å²) in [6.07, 6.45) is 7.26. The van der Waals surface area contributed by atoms with Crippen molar-refractivity contribution in [3.05, 3.63) is 29.3 Å². The summed E-state index contributed by atoms with van der Waals surface area (Å²) in [5.74, 6) is 1.43. The van der Waals surface area contributed by atoms with Gasteiger partial charge in [0.15, 0.2) is 0 Å². The van der Waals surface area contributed by atoms with E-state index in [0.717, 1.165) is 62.1 Å². The second kappa shape index (κ2) is 8.85. The van der Waals surface area contributed by atoms with Gasteiger partial charge in [0.2, 0.25) is 11.8 Å². The number of carbonyl (C=O) groups excluding carboxylic acids is 3. The van der Waals surface area contributed by atoms with Gasteiger partial charge in [-0.05, 0) is 61.3 Å². The number of piperidine rings is 1. The highest BCUT2D eigenvalue weighted by molar-refractivity contribution is 6.03. The van der Waals surface area contributed by atoms with Crippen molar-refractivity contribution in [2.45, 2.75) is 51.0 Å². The second-order valence-electron chi connectivity index (χ2n) is 9.89. The van der Waals surface area contributed by atoms with Crippen molar-refractivity contribution in [2.24, 2.45) is 11.8 Å². The van der Waals surface area contributed by atoms with E-state index in [1.165, 1.54) is 32.8 Å². The molecule has 172 valence electrons. The maximum Gasteiger partial charge on any atom is 0.337 e. The van der Waals surface area contributed by atoms with E-state index in [4.69, 9.17) is 4.74 Å². The SMILES string of the molecule is COC(=O)c1ccc2c(c1)CC(=O)N2C1CCN(CC(=O)N2CC3CCCCC3C2)CC1. The molecule has 1 aliphatic carbocycles. The van der Waals surface area contributed by atoms with Crippen molar-refractivity contribution >= 4 is 23.5 Å². The third-order valence-electron chi connectivity index (χ3n) is 7.98. The molecule has 4 aliphatic rings. The molecule has 7 heteroatoms. The number of benzene rings is 1. The molecule has 3 aliphatic heterocycles. The Morgan fingerprint density at radius 2 is 1.72 bits per heavy atom. The molecule has 1 aromatic carbocycles. The summed E-state index contributed by atoms with van der Waals surface area (Å²) < 4.78 is 4.80. The summed E-state index contributed by atoms with van der Waals surface area (Å²) in [6, 6.07) is 5.53. The fourth-order valence-corrected chi connectivity index (χ4v) is 6.23. The van der Waals surface area contributed by atoms with Gasteiger partial charge in [-0.15, -0.1) is 0 Å². The van der Waals surface area contributed by atoms with Gasteiger partial charge >= 0.3 is 5.97 Å². The second-order valence-corrected chi connectivity index (χ2v) is 9.89. The van der Waals surface area contributed by atoms with Crippen LogP contribution in [0, 0.1) is 11.8 Å².